The van der Waals surface area contributed by atoms with Crippen LogP contribution in [0.15, 0.2) is 35.2 Å². The summed E-state index contributed by atoms with van der Waals surface area (Å²) in [5, 5.41) is 8.33. The molecule has 1 aliphatic heterocycles. The lowest BCUT2D eigenvalue weighted by Gasteiger charge is -2.39. The number of terminal acetylenes is 1. The first kappa shape index (κ1) is 39.5. The van der Waals surface area contributed by atoms with Crippen LogP contribution in [0.4, 0.5) is 4.79 Å². The van der Waals surface area contributed by atoms with Crippen molar-refractivity contribution in [3.8, 4) is 12.3 Å². The number of rotatable bonds is 13. The molecule has 0 aromatic heterocycles. The molecule has 6 atom stereocenters. The Morgan fingerprint density at radius 1 is 1.02 bits per heavy atom. The zero-order chi connectivity index (χ0) is 37.3. The van der Waals surface area contributed by atoms with E-state index in [1.54, 1.807) is 39.0 Å². The molecule has 0 radical (unpaired) electrons. The van der Waals surface area contributed by atoms with Crippen molar-refractivity contribution in [3.63, 3.8) is 0 Å². The molecule has 2 aliphatic rings. The fourth-order valence-electron chi connectivity index (χ4n) is 6.55. The van der Waals surface area contributed by atoms with E-state index in [1.165, 1.54) is 28.4 Å². The summed E-state index contributed by atoms with van der Waals surface area (Å²) in [5.41, 5.74) is 3.58. The second-order valence-electron chi connectivity index (χ2n) is 15.9. The molecule has 0 spiro atoms. The third-order valence-corrected chi connectivity index (χ3v) is 11.7. The monoisotopic (exact) mass is 700 g/mol. The van der Waals surface area contributed by atoms with Crippen LogP contribution in [0.3, 0.4) is 0 Å². The molecule has 5 N–H and O–H groups in total. The largest absolute Gasteiger partial charge is 0.363 e. The van der Waals surface area contributed by atoms with E-state index in [0.717, 1.165) is 0 Å². The molecule has 49 heavy (non-hydrogen) atoms. The molecule has 1 saturated carbocycles. The number of ketones is 1. The van der Waals surface area contributed by atoms with Crippen LogP contribution in [0.2, 0.25) is 0 Å². The smallest absolute Gasteiger partial charge is 0.315 e. The number of primary amides is 1. The molecule has 1 aromatic rings. The van der Waals surface area contributed by atoms with E-state index in [4.69, 9.17) is 12.2 Å². The van der Waals surface area contributed by atoms with Gasteiger partial charge in [-0.05, 0) is 46.6 Å². The van der Waals surface area contributed by atoms with Crippen LogP contribution in [0.5, 0.6) is 0 Å². The molecule has 1 saturated heterocycles. The number of urea groups is 1. The van der Waals surface area contributed by atoms with Crippen molar-refractivity contribution < 1.29 is 32.4 Å². The van der Waals surface area contributed by atoms with Crippen LogP contribution >= 0.6 is 0 Å². The predicted molar refractivity (Wildman–Crippen MR) is 185 cm³/mol. The predicted octanol–water partition coefficient (Wildman–Crippen LogP) is 1.87. The Labute approximate surface area is 290 Å². The lowest BCUT2D eigenvalue weighted by molar-refractivity contribution is -0.145. The van der Waals surface area contributed by atoms with Gasteiger partial charge in [0.05, 0.1) is 10.9 Å². The topological polar surface area (TPSA) is 188 Å². The van der Waals surface area contributed by atoms with E-state index < -0.39 is 74.6 Å². The molecule has 1 unspecified atom stereocenters. The molecule has 2 fully saturated rings. The highest BCUT2D eigenvalue weighted by Gasteiger charge is 2.70. The molecule has 1 aromatic carbocycles. The minimum absolute atomic E-state index is 0.00465. The van der Waals surface area contributed by atoms with Crippen LogP contribution < -0.4 is 21.7 Å². The minimum Gasteiger partial charge on any atom is -0.363 e. The van der Waals surface area contributed by atoms with E-state index in [9.17, 15) is 32.4 Å². The van der Waals surface area contributed by atoms with Crippen LogP contribution in [0.1, 0.15) is 68.2 Å². The van der Waals surface area contributed by atoms with E-state index >= 15 is 0 Å². The van der Waals surface area contributed by atoms with Crippen molar-refractivity contribution in [2.75, 3.05) is 20.1 Å². The minimum atomic E-state index is -3.84. The molecule has 3 rings (SSSR count). The number of amides is 5. The number of likely N-dealkylation sites (N-methyl/N-ethyl adjacent to an activating group) is 1. The first-order chi connectivity index (χ1) is 22.5. The first-order valence-electron chi connectivity index (χ1n) is 16.4. The van der Waals surface area contributed by atoms with Crippen molar-refractivity contribution in [2.45, 2.75) is 97.3 Å². The van der Waals surface area contributed by atoms with Gasteiger partial charge in [0.1, 0.15) is 12.1 Å². The first-order valence-corrected chi connectivity index (χ1v) is 17.9. The normalized spacial score (nSPS) is 21.8. The van der Waals surface area contributed by atoms with Crippen LogP contribution in [0.25, 0.3) is 0 Å². The summed E-state index contributed by atoms with van der Waals surface area (Å²) < 4.78 is 27.7. The fourth-order valence-corrected chi connectivity index (χ4v) is 7.75. The number of piperidine rings is 1. The number of Topliss-reactive ketones (excluding diaryl/α,β-unsaturated/α-hetero) is 1. The molecule has 1 aliphatic carbocycles. The molecular formula is C35H52N6O7S. The number of nitrogens with one attached hydrogen (secondary N) is 3. The third kappa shape index (κ3) is 8.80. The summed E-state index contributed by atoms with van der Waals surface area (Å²) in [4.78, 5) is 67.5. The fraction of sp³-hybridized carbons (Fsp3) is 0.629. The summed E-state index contributed by atoms with van der Waals surface area (Å²) in [5.74, 6) is -1.08. The zero-order valence-electron chi connectivity index (χ0n) is 30.0. The maximum atomic E-state index is 14.3. The SMILES string of the molecule is C#CCCC(NC(=O)[C@@H]1[C@@H]2[C@H](CN1C(=O)[C@@H](NC(=O)N[C@H](CN(C)S(=O)(=O)c1ccccc1)C(C)(C)C)C(C)(C)C)C2(C)C)C(=O)C(N)=O. The summed E-state index contributed by atoms with van der Waals surface area (Å²) >= 11 is 0. The molecule has 1 heterocycles. The van der Waals surface area contributed by atoms with Crippen molar-refractivity contribution in [1.29, 1.82) is 0 Å². The summed E-state index contributed by atoms with van der Waals surface area (Å²) in [6.07, 6.45) is 5.47. The van der Waals surface area contributed by atoms with Gasteiger partial charge in [0.25, 0.3) is 5.91 Å². The number of hydrogen-bond acceptors (Lipinski definition) is 7. The Bertz CT molecular complexity index is 1590. The van der Waals surface area contributed by atoms with Crippen LogP contribution in [0, 0.1) is 40.4 Å². The van der Waals surface area contributed by atoms with Crippen molar-refractivity contribution in [2.24, 2.45) is 33.8 Å². The van der Waals surface area contributed by atoms with Gasteiger partial charge < -0.3 is 26.6 Å². The number of carbonyl (C=O) groups excluding carboxylic acids is 5. The van der Waals surface area contributed by atoms with Crippen LogP contribution in [-0.4, -0.2) is 91.5 Å². The maximum absolute atomic E-state index is 14.3. The van der Waals surface area contributed by atoms with E-state index in [2.05, 4.69) is 21.9 Å². The quantitative estimate of drug-likeness (QED) is 0.179. The second kappa shape index (κ2) is 14.5. The molecule has 14 heteroatoms. The van der Waals surface area contributed by atoms with Gasteiger partial charge in [-0.25, -0.2) is 13.2 Å². The van der Waals surface area contributed by atoms with Gasteiger partial charge in [-0.3, -0.25) is 19.2 Å². The third-order valence-electron chi connectivity index (χ3n) is 9.84. The highest BCUT2D eigenvalue weighted by molar-refractivity contribution is 7.89. The van der Waals surface area contributed by atoms with Crippen molar-refractivity contribution in [3.05, 3.63) is 30.3 Å². The zero-order valence-corrected chi connectivity index (χ0v) is 30.8. The maximum Gasteiger partial charge on any atom is 0.315 e. The number of nitrogens with two attached hydrogens (primary N) is 1. The van der Waals surface area contributed by atoms with Crippen molar-refractivity contribution in [1.82, 2.24) is 25.2 Å². The highest BCUT2D eigenvalue weighted by Crippen LogP contribution is 2.65. The molecule has 5 amide bonds. The molecule has 270 valence electrons. The molecule has 13 nitrogen and oxygen atoms in total. The standard InChI is InChI=1S/C35H52N6O7S/c1-11-12-18-23(27(42)29(36)43)37-30(44)26-25-22(35(25,8)9)19-41(26)31(45)28(34(5,6)7)39-32(46)38-24(33(2,3)4)20-40(10)49(47,48)21-16-14-13-15-17-21/h1,13-17,22-26,28H,12,18-20H2,2-10H3,(H2,36,43)(H,37,44)(H2,38,39,46)/t22-,23?,24+,25-,26-,28+/m0/s1. The number of sulfonamides is 1. The van der Waals surface area contributed by atoms with Gasteiger partial charge in [-0.1, -0.05) is 73.6 Å². The number of likely N-dealkylation sites (tertiary alicyclic amines) is 1. The summed E-state index contributed by atoms with van der Waals surface area (Å²) in [6.45, 7) is 15.2. The van der Waals surface area contributed by atoms with Gasteiger partial charge in [-0.15, -0.1) is 12.3 Å². The van der Waals surface area contributed by atoms with E-state index in [0.29, 0.717) is 0 Å². The number of nitrogens with zero attached hydrogens (tertiary/aromatic N) is 2. The van der Waals surface area contributed by atoms with Gasteiger partial charge in [-0.2, -0.15) is 4.31 Å². The lowest BCUT2D eigenvalue weighted by atomic mass is 9.85. The van der Waals surface area contributed by atoms with E-state index in [1.807, 2.05) is 34.6 Å². The second-order valence-corrected chi connectivity index (χ2v) is 17.9. The Kier molecular flexibility index (Phi) is 11.7. The highest BCUT2D eigenvalue weighted by atomic mass is 32.2. The number of carbonyl (C=O) groups is 5. The average Bonchev–Trinajstić information content (AvgIpc) is 3.31. The lowest BCUT2D eigenvalue weighted by Crippen LogP contribution is -2.62. The summed E-state index contributed by atoms with van der Waals surface area (Å²) in [7, 11) is -2.40. The van der Waals surface area contributed by atoms with E-state index in [-0.39, 0.29) is 48.1 Å². The van der Waals surface area contributed by atoms with Gasteiger partial charge in [0.15, 0.2) is 0 Å². The Hall–Kier alpha value is -3.96. The van der Waals surface area contributed by atoms with Gasteiger partial charge in [0, 0.05) is 32.6 Å². The Morgan fingerprint density at radius 3 is 2.12 bits per heavy atom. The van der Waals surface area contributed by atoms with Crippen LogP contribution in [-0.2, 0) is 29.2 Å². The van der Waals surface area contributed by atoms with Crippen molar-refractivity contribution >= 4 is 39.6 Å². The van der Waals surface area contributed by atoms with Gasteiger partial charge >= 0.3 is 6.03 Å². The number of benzene rings is 1. The Balaban J connectivity index is 1.84. The average molecular weight is 701 g/mol. The Morgan fingerprint density at radius 2 is 1.61 bits per heavy atom. The number of hydrogen-bond donors (Lipinski definition) is 4. The van der Waals surface area contributed by atoms with Gasteiger partial charge in [0.2, 0.25) is 27.6 Å². The number of fused-ring (bicyclic) bond motifs is 1. The molecular weight excluding hydrogens is 648 g/mol. The summed E-state index contributed by atoms with van der Waals surface area (Å²) in [6, 6.07) is 3.37. The molecule has 0 bridgehead atoms.